The zero-order valence-electron chi connectivity index (χ0n) is 21.2. The molecular weight excluding hydrogens is 494 g/mol. The van der Waals surface area contributed by atoms with E-state index in [1.807, 2.05) is 13.8 Å². The van der Waals surface area contributed by atoms with Gasteiger partial charge in [-0.3, -0.25) is 9.69 Å². The summed E-state index contributed by atoms with van der Waals surface area (Å²) in [4.78, 5) is 22.4. The Morgan fingerprint density at radius 1 is 1.03 bits per heavy atom. The second kappa shape index (κ2) is 11.7. The lowest BCUT2D eigenvalue weighted by Crippen LogP contribution is -2.48. The van der Waals surface area contributed by atoms with E-state index in [1.54, 1.807) is 23.5 Å². The van der Waals surface area contributed by atoms with Gasteiger partial charge in [0.05, 0.1) is 15.1 Å². The number of fused-ring (bicyclic) bond motifs is 1. The molecule has 0 spiro atoms. The predicted octanol–water partition coefficient (Wildman–Crippen LogP) is 3.44. The fraction of sp³-hybridized carbons (Fsp3) is 0.462. The third kappa shape index (κ3) is 5.72. The van der Waals surface area contributed by atoms with Gasteiger partial charge in [0.25, 0.3) is 5.91 Å². The van der Waals surface area contributed by atoms with Crippen LogP contribution >= 0.6 is 11.3 Å². The van der Waals surface area contributed by atoms with Crippen LogP contribution in [0.1, 0.15) is 36.7 Å². The van der Waals surface area contributed by atoms with Gasteiger partial charge in [-0.25, -0.2) is 13.4 Å². The van der Waals surface area contributed by atoms with Crippen molar-refractivity contribution in [2.24, 2.45) is 0 Å². The van der Waals surface area contributed by atoms with Crippen LogP contribution in [-0.4, -0.2) is 80.9 Å². The Balaban J connectivity index is 1.25. The quantitative estimate of drug-likeness (QED) is 0.433. The summed E-state index contributed by atoms with van der Waals surface area (Å²) in [6.45, 7) is 11.6. The summed E-state index contributed by atoms with van der Waals surface area (Å²) in [5.74, 6) is -0.193. The molecule has 194 valence electrons. The van der Waals surface area contributed by atoms with E-state index in [9.17, 15) is 13.2 Å². The summed E-state index contributed by atoms with van der Waals surface area (Å²) in [7, 11) is -3.52. The smallest absolute Gasteiger partial charge is 0.251 e. The van der Waals surface area contributed by atoms with Gasteiger partial charge in [-0.15, -0.1) is 0 Å². The summed E-state index contributed by atoms with van der Waals surface area (Å²) in [6.07, 6.45) is 0.986. The first-order valence-electron chi connectivity index (χ1n) is 12.6. The normalized spacial score (nSPS) is 15.1. The van der Waals surface area contributed by atoms with Gasteiger partial charge in [0.1, 0.15) is 0 Å². The zero-order valence-corrected chi connectivity index (χ0v) is 22.9. The third-order valence-electron chi connectivity index (χ3n) is 6.69. The molecule has 0 saturated carbocycles. The van der Waals surface area contributed by atoms with Gasteiger partial charge in [-0.05, 0) is 42.3 Å². The molecule has 0 bridgehead atoms. The Hall–Kier alpha value is -2.53. The van der Waals surface area contributed by atoms with Crippen LogP contribution in [-0.2, 0) is 16.4 Å². The van der Waals surface area contributed by atoms with Crippen molar-refractivity contribution in [1.29, 1.82) is 0 Å². The molecule has 0 unspecified atom stereocenters. The number of carbonyl (C=O) groups excluding carboxylic acids is 1. The average molecular weight is 530 g/mol. The van der Waals surface area contributed by atoms with Gasteiger partial charge in [0.2, 0.25) is 10.0 Å². The monoisotopic (exact) mass is 529 g/mol. The van der Waals surface area contributed by atoms with Crippen LogP contribution in [0.15, 0.2) is 47.4 Å². The summed E-state index contributed by atoms with van der Waals surface area (Å²) >= 11 is 1.76. The lowest BCUT2D eigenvalue weighted by Gasteiger charge is -2.34. The largest absolute Gasteiger partial charge is 0.351 e. The number of nitrogens with one attached hydrogen (secondary N) is 1. The van der Waals surface area contributed by atoms with Crippen molar-refractivity contribution in [3.05, 3.63) is 53.6 Å². The van der Waals surface area contributed by atoms with Gasteiger partial charge in [-0.2, -0.15) is 4.31 Å². The van der Waals surface area contributed by atoms with Crippen LogP contribution < -0.4 is 10.2 Å². The van der Waals surface area contributed by atoms with Gasteiger partial charge < -0.3 is 10.2 Å². The van der Waals surface area contributed by atoms with Crippen molar-refractivity contribution >= 4 is 42.6 Å². The number of aryl methyl sites for hydroxylation is 1. The predicted molar refractivity (Wildman–Crippen MR) is 147 cm³/mol. The number of nitrogens with zero attached hydrogens (tertiary/aromatic N) is 4. The number of hydrogen-bond donors (Lipinski definition) is 1. The molecule has 0 atom stereocenters. The van der Waals surface area contributed by atoms with Gasteiger partial charge >= 0.3 is 0 Å². The number of thiazole rings is 1. The van der Waals surface area contributed by atoms with Crippen LogP contribution in [0.25, 0.3) is 10.2 Å². The third-order valence-corrected chi connectivity index (χ3v) is 9.83. The molecule has 1 saturated heterocycles. The van der Waals surface area contributed by atoms with Gasteiger partial charge in [0.15, 0.2) is 5.13 Å². The lowest BCUT2D eigenvalue weighted by molar-refractivity contribution is 0.0947. The molecule has 3 aromatic rings. The van der Waals surface area contributed by atoms with Crippen molar-refractivity contribution in [1.82, 2.24) is 19.5 Å². The molecule has 1 aliphatic rings. The Morgan fingerprint density at radius 3 is 2.36 bits per heavy atom. The van der Waals surface area contributed by atoms with Crippen molar-refractivity contribution in [2.45, 2.75) is 32.1 Å². The molecule has 36 heavy (non-hydrogen) atoms. The molecule has 1 N–H and O–H groups in total. The molecule has 1 aromatic heterocycles. The molecule has 2 heterocycles. The number of rotatable bonds is 10. The molecule has 4 rings (SSSR count). The lowest BCUT2D eigenvalue weighted by atomic mass is 10.1. The molecular formula is C26H35N5O3S2. The van der Waals surface area contributed by atoms with Crippen LogP contribution in [0.3, 0.4) is 0 Å². The van der Waals surface area contributed by atoms with Crippen LogP contribution in [0.2, 0.25) is 0 Å². The second-order valence-corrected chi connectivity index (χ2v) is 11.8. The van der Waals surface area contributed by atoms with Crippen molar-refractivity contribution in [3.8, 4) is 0 Å². The second-order valence-electron chi connectivity index (χ2n) is 8.81. The van der Waals surface area contributed by atoms with E-state index < -0.39 is 10.0 Å². The number of anilines is 1. The Bertz CT molecular complexity index is 1280. The van der Waals surface area contributed by atoms with E-state index in [2.05, 4.69) is 40.2 Å². The minimum absolute atomic E-state index is 0.193. The Kier molecular flexibility index (Phi) is 8.61. The fourth-order valence-corrected chi connectivity index (χ4v) is 7.02. The molecule has 1 fully saturated rings. The maximum atomic E-state index is 12.6. The molecule has 10 heteroatoms. The maximum absolute atomic E-state index is 12.6. The minimum atomic E-state index is -3.52. The Morgan fingerprint density at radius 2 is 1.72 bits per heavy atom. The van der Waals surface area contributed by atoms with E-state index >= 15 is 0 Å². The first-order valence-corrected chi connectivity index (χ1v) is 14.9. The van der Waals surface area contributed by atoms with Crippen LogP contribution in [0.5, 0.6) is 0 Å². The molecule has 8 nitrogen and oxygen atoms in total. The first kappa shape index (κ1) is 26.5. The highest BCUT2D eigenvalue weighted by molar-refractivity contribution is 7.89. The number of para-hydroxylation sites is 1. The van der Waals surface area contributed by atoms with Crippen molar-refractivity contribution in [3.63, 3.8) is 0 Å². The number of amides is 1. The van der Waals surface area contributed by atoms with E-state index in [1.165, 1.54) is 26.7 Å². The van der Waals surface area contributed by atoms with E-state index in [-0.39, 0.29) is 10.8 Å². The molecule has 1 aliphatic heterocycles. The standard InChI is InChI=1S/C26H35N5O3S2/c1-4-20-8-7-9-23-24(20)28-26(35-23)30-18-16-29(17-19-30)15-14-27-25(32)21-10-12-22(13-11-21)36(33,34)31(5-2)6-3/h7-13H,4-6,14-19H2,1-3H3,(H,27,32). The van der Waals surface area contributed by atoms with E-state index in [4.69, 9.17) is 4.98 Å². The number of aromatic nitrogens is 1. The van der Waals surface area contributed by atoms with Gasteiger partial charge in [0, 0.05) is 57.9 Å². The molecule has 0 radical (unpaired) electrons. The minimum Gasteiger partial charge on any atom is -0.351 e. The molecule has 2 aromatic carbocycles. The summed E-state index contributed by atoms with van der Waals surface area (Å²) in [5.41, 5.74) is 2.88. The Labute approximate surface area is 218 Å². The fourth-order valence-electron chi connectivity index (χ4n) is 4.50. The summed E-state index contributed by atoms with van der Waals surface area (Å²) in [6, 6.07) is 12.6. The highest BCUT2D eigenvalue weighted by Crippen LogP contribution is 2.31. The number of piperazine rings is 1. The molecule has 1 amide bonds. The molecule has 0 aliphatic carbocycles. The number of carbonyl (C=O) groups is 1. The number of hydrogen-bond acceptors (Lipinski definition) is 7. The van der Waals surface area contributed by atoms with Crippen LogP contribution in [0.4, 0.5) is 5.13 Å². The highest BCUT2D eigenvalue weighted by Gasteiger charge is 2.22. The average Bonchev–Trinajstić information content (AvgIpc) is 3.34. The SMILES string of the molecule is CCc1cccc2sc(N3CCN(CCNC(=O)c4ccc(S(=O)(=O)N(CC)CC)cc4)CC3)nc12. The topological polar surface area (TPSA) is 85.8 Å². The van der Waals surface area contributed by atoms with Crippen LogP contribution in [0, 0.1) is 0 Å². The first-order chi connectivity index (χ1) is 17.4. The van der Waals surface area contributed by atoms with E-state index in [0.717, 1.165) is 49.8 Å². The summed E-state index contributed by atoms with van der Waals surface area (Å²) < 4.78 is 27.9. The highest BCUT2D eigenvalue weighted by atomic mass is 32.2. The van der Waals surface area contributed by atoms with Crippen molar-refractivity contribution in [2.75, 3.05) is 57.3 Å². The summed E-state index contributed by atoms with van der Waals surface area (Å²) in [5, 5.41) is 4.05. The van der Waals surface area contributed by atoms with Crippen molar-refractivity contribution < 1.29 is 13.2 Å². The van der Waals surface area contributed by atoms with Gasteiger partial charge in [-0.1, -0.05) is 44.2 Å². The zero-order chi connectivity index (χ0) is 25.7. The number of benzene rings is 2. The van der Waals surface area contributed by atoms with E-state index in [0.29, 0.717) is 25.2 Å². The maximum Gasteiger partial charge on any atom is 0.251 e. The number of sulfonamides is 1.